The summed E-state index contributed by atoms with van der Waals surface area (Å²) in [6, 6.07) is 0.190. The molecule has 0 aromatic heterocycles. The maximum absolute atomic E-state index is 11.9. The number of nitrogens with zero attached hydrogens (tertiary/aromatic N) is 3. The van der Waals surface area contributed by atoms with Gasteiger partial charge in [-0.3, -0.25) is 14.6 Å². The van der Waals surface area contributed by atoms with E-state index >= 15 is 0 Å². The number of hydrogen-bond donors (Lipinski definition) is 1. The fourth-order valence-corrected chi connectivity index (χ4v) is 3.05. The van der Waals surface area contributed by atoms with E-state index in [0.717, 1.165) is 52.4 Å². The fraction of sp³-hybridized carbons (Fsp3) is 0.933. The maximum atomic E-state index is 11.9. The summed E-state index contributed by atoms with van der Waals surface area (Å²) in [5, 5.41) is 0. The SMILES string of the molecule is CC(C)N1CCOC(CN2CCN(C(=O)[C@@H](C)N)CC2)C1. The zero-order chi connectivity index (χ0) is 15.4. The molecule has 0 aromatic rings. The number of nitrogens with two attached hydrogens (primary N) is 1. The number of carbonyl (C=O) groups excluding carboxylic acids is 1. The molecule has 0 bridgehead atoms. The van der Waals surface area contributed by atoms with Gasteiger partial charge in [-0.15, -0.1) is 0 Å². The van der Waals surface area contributed by atoms with Gasteiger partial charge in [-0.05, 0) is 20.8 Å². The molecule has 2 rings (SSSR count). The van der Waals surface area contributed by atoms with Crippen LogP contribution in [0.2, 0.25) is 0 Å². The van der Waals surface area contributed by atoms with Crippen molar-refractivity contribution >= 4 is 5.91 Å². The molecule has 122 valence electrons. The average Bonchev–Trinajstić information content (AvgIpc) is 2.47. The third-order valence-electron chi connectivity index (χ3n) is 4.44. The second-order valence-corrected chi connectivity index (χ2v) is 6.50. The lowest BCUT2D eigenvalue weighted by Crippen LogP contribution is -2.55. The Bertz CT molecular complexity index is 341. The quantitative estimate of drug-likeness (QED) is 0.764. The van der Waals surface area contributed by atoms with Crippen molar-refractivity contribution in [2.24, 2.45) is 5.73 Å². The van der Waals surface area contributed by atoms with Crippen LogP contribution in [0.4, 0.5) is 0 Å². The third-order valence-corrected chi connectivity index (χ3v) is 4.44. The smallest absolute Gasteiger partial charge is 0.239 e. The maximum Gasteiger partial charge on any atom is 0.239 e. The highest BCUT2D eigenvalue weighted by molar-refractivity contribution is 5.81. The van der Waals surface area contributed by atoms with Crippen LogP contribution >= 0.6 is 0 Å². The van der Waals surface area contributed by atoms with Crippen molar-refractivity contribution in [2.75, 3.05) is 52.4 Å². The Balaban J connectivity index is 1.74. The molecule has 2 saturated heterocycles. The van der Waals surface area contributed by atoms with Crippen molar-refractivity contribution in [3.8, 4) is 0 Å². The Kier molecular flexibility index (Phi) is 5.98. The van der Waals surface area contributed by atoms with E-state index in [1.165, 1.54) is 0 Å². The first kappa shape index (κ1) is 16.7. The topological polar surface area (TPSA) is 62.0 Å². The summed E-state index contributed by atoms with van der Waals surface area (Å²) in [4.78, 5) is 18.6. The van der Waals surface area contributed by atoms with Crippen LogP contribution in [0.15, 0.2) is 0 Å². The van der Waals surface area contributed by atoms with Crippen molar-refractivity contribution in [1.82, 2.24) is 14.7 Å². The van der Waals surface area contributed by atoms with Gasteiger partial charge in [-0.25, -0.2) is 0 Å². The van der Waals surface area contributed by atoms with Gasteiger partial charge in [-0.1, -0.05) is 0 Å². The number of amides is 1. The van der Waals surface area contributed by atoms with Gasteiger partial charge in [0.05, 0.1) is 18.8 Å². The molecule has 2 heterocycles. The molecule has 1 amide bonds. The van der Waals surface area contributed by atoms with Crippen molar-refractivity contribution in [2.45, 2.75) is 39.0 Å². The monoisotopic (exact) mass is 298 g/mol. The van der Waals surface area contributed by atoms with E-state index in [2.05, 4.69) is 23.6 Å². The van der Waals surface area contributed by atoms with Gasteiger partial charge in [0.15, 0.2) is 0 Å². The lowest BCUT2D eigenvalue weighted by Gasteiger charge is -2.40. The summed E-state index contributed by atoms with van der Waals surface area (Å²) in [5.74, 6) is 0.0644. The summed E-state index contributed by atoms with van der Waals surface area (Å²) in [6.45, 7) is 13.4. The Morgan fingerprint density at radius 1 is 1.19 bits per heavy atom. The highest BCUT2D eigenvalue weighted by Crippen LogP contribution is 2.12. The third kappa shape index (κ3) is 4.64. The first-order valence-electron chi connectivity index (χ1n) is 8.09. The first-order chi connectivity index (χ1) is 9.97. The molecule has 0 aromatic carbocycles. The molecule has 0 spiro atoms. The van der Waals surface area contributed by atoms with Gasteiger partial charge >= 0.3 is 0 Å². The molecular formula is C15H30N4O2. The molecule has 2 fully saturated rings. The number of rotatable bonds is 4. The number of hydrogen-bond acceptors (Lipinski definition) is 5. The summed E-state index contributed by atoms with van der Waals surface area (Å²) in [6.07, 6.45) is 0.289. The number of morpholine rings is 1. The fourth-order valence-electron chi connectivity index (χ4n) is 3.05. The summed E-state index contributed by atoms with van der Waals surface area (Å²) in [7, 11) is 0. The minimum atomic E-state index is -0.391. The van der Waals surface area contributed by atoms with E-state index in [0.29, 0.717) is 6.04 Å². The molecule has 6 nitrogen and oxygen atoms in total. The van der Waals surface area contributed by atoms with E-state index in [1.54, 1.807) is 6.92 Å². The standard InChI is InChI=1S/C15H30N4O2/c1-12(2)19-8-9-21-14(11-19)10-17-4-6-18(7-5-17)15(20)13(3)16/h12-14H,4-11,16H2,1-3H3/t13-,14?/m1/s1. The Labute approximate surface area is 128 Å². The van der Waals surface area contributed by atoms with Crippen molar-refractivity contribution in [3.05, 3.63) is 0 Å². The summed E-state index contributed by atoms with van der Waals surface area (Å²) < 4.78 is 5.89. The van der Waals surface area contributed by atoms with E-state index in [4.69, 9.17) is 10.5 Å². The Morgan fingerprint density at radius 3 is 2.43 bits per heavy atom. The van der Waals surface area contributed by atoms with Gasteiger partial charge < -0.3 is 15.4 Å². The van der Waals surface area contributed by atoms with Crippen LogP contribution in [0.1, 0.15) is 20.8 Å². The van der Waals surface area contributed by atoms with E-state index < -0.39 is 6.04 Å². The van der Waals surface area contributed by atoms with Gasteiger partial charge in [-0.2, -0.15) is 0 Å². The van der Waals surface area contributed by atoms with Crippen LogP contribution in [0.3, 0.4) is 0 Å². The Morgan fingerprint density at radius 2 is 1.86 bits per heavy atom. The zero-order valence-electron chi connectivity index (χ0n) is 13.6. The van der Waals surface area contributed by atoms with Gasteiger partial charge in [0.1, 0.15) is 0 Å². The van der Waals surface area contributed by atoms with E-state index in [-0.39, 0.29) is 12.0 Å². The first-order valence-corrected chi connectivity index (χ1v) is 8.09. The van der Waals surface area contributed by atoms with Crippen LogP contribution in [0, 0.1) is 0 Å². The molecule has 2 N–H and O–H groups in total. The van der Waals surface area contributed by atoms with Crippen LogP contribution in [-0.4, -0.2) is 91.2 Å². The second-order valence-electron chi connectivity index (χ2n) is 6.50. The molecule has 2 aliphatic rings. The second kappa shape index (κ2) is 7.54. The van der Waals surface area contributed by atoms with Gasteiger partial charge in [0.2, 0.25) is 5.91 Å². The number of piperazine rings is 1. The number of ether oxygens (including phenoxy) is 1. The molecule has 2 aliphatic heterocycles. The van der Waals surface area contributed by atoms with Gasteiger partial charge in [0.25, 0.3) is 0 Å². The predicted octanol–water partition coefficient (Wildman–Crippen LogP) is -0.413. The molecule has 1 unspecified atom stereocenters. The largest absolute Gasteiger partial charge is 0.374 e. The van der Waals surface area contributed by atoms with Crippen molar-refractivity contribution in [3.63, 3.8) is 0 Å². The van der Waals surface area contributed by atoms with Crippen LogP contribution < -0.4 is 5.73 Å². The number of carbonyl (C=O) groups is 1. The lowest BCUT2D eigenvalue weighted by molar-refractivity contribution is -0.134. The van der Waals surface area contributed by atoms with Crippen LogP contribution in [0.5, 0.6) is 0 Å². The van der Waals surface area contributed by atoms with Crippen molar-refractivity contribution in [1.29, 1.82) is 0 Å². The highest BCUT2D eigenvalue weighted by atomic mass is 16.5. The predicted molar refractivity (Wildman–Crippen MR) is 83.1 cm³/mol. The lowest BCUT2D eigenvalue weighted by atomic mass is 10.2. The van der Waals surface area contributed by atoms with Crippen LogP contribution in [-0.2, 0) is 9.53 Å². The summed E-state index contributed by atoms with van der Waals surface area (Å²) >= 11 is 0. The zero-order valence-corrected chi connectivity index (χ0v) is 13.6. The molecule has 21 heavy (non-hydrogen) atoms. The van der Waals surface area contributed by atoms with Crippen LogP contribution in [0.25, 0.3) is 0 Å². The molecule has 0 saturated carbocycles. The average molecular weight is 298 g/mol. The minimum Gasteiger partial charge on any atom is -0.374 e. The van der Waals surface area contributed by atoms with E-state index in [1.807, 2.05) is 4.90 Å². The Hall–Kier alpha value is -0.690. The normalized spacial score (nSPS) is 27.1. The molecule has 0 radical (unpaired) electrons. The minimum absolute atomic E-state index is 0.0644. The van der Waals surface area contributed by atoms with E-state index in [9.17, 15) is 4.79 Å². The molecule has 2 atom stereocenters. The van der Waals surface area contributed by atoms with Crippen molar-refractivity contribution < 1.29 is 9.53 Å². The highest BCUT2D eigenvalue weighted by Gasteiger charge is 2.27. The summed E-state index contributed by atoms with van der Waals surface area (Å²) in [5.41, 5.74) is 5.66. The molecular weight excluding hydrogens is 268 g/mol. The molecule has 6 heteroatoms. The molecule has 0 aliphatic carbocycles. The van der Waals surface area contributed by atoms with Gasteiger partial charge in [0, 0.05) is 51.9 Å².